The van der Waals surface area contributed by atoms with Crippen LogP contribution < -0.4 is 10.2 Å². The molecule has 0 radical (unpaired) electrons. The van der Waals surface area contributed by atoms with Gasteiger partial charge in [-0.1, -0.05) is 18.5 Å². The molecule has 1 aliphatic heterocycles. The van der Waals surface area contributed by atoms with Gasteiger partial charge in [0.1, 0.15) is 0 Å². The van der Waals surface area contributed by atoms with E-state index in [2.05, 4.69) is 17.1 Å². The number of anilines is 2. The van der Waals surface area contributed by atoms with E-state index in [-0.39, 0.29) is 11.6 Å². The molecule has 26 heavy (non-hydrogen) atoms. The third-order valence-corrected chi connectivity index (χ3v) is 4.97. The third-order valence-electron chi connectivity index (χ3n) is 4.67. The topological polar surface area (TPSA) is 75.5 Å². The minimum atomic E-state index is -0.498. The van der Waals surface area contributed by atoms with Gasteiger partial charge in [-0.3, -0.25) is 14.9 Å². The molecule has 0 bridgehead atoms. The maximum absolute atomic E-state index is 12.3. The van der Waals surface area contributed by atoms with E-state index in [1.54, 1.807) is 6.07 Å². The molecule has 1 heterocycles. The van der Waals surface area contributed by atoms with Crippen molar-refractivity contribution >= 4 is 34.6 Å². The summed E-state index contributed by atoms with van der Waals surface area (Å²) >= 11 is 6.42. The maximum Gasteiger partial charge on any atom is 0.269 e. The Balaban J connectivity index is 1.69. The molecule has 0 aliphatic carbocycles. The molecule has 1 saturated heterocycles. The van der Waals surface area contributed by atoms with Gasteiger partial charge < -0.3 is 10.2 Å². The Labute approximate surface area is 156 Å². The van der Waals surface area contributed by atoms with Crippen molar-refractivity contribution in [3.8, 4) is 0 Å². The molecule has 0 unspecified atom stereocenters. The number of nitro groups is 1. The van der Waals surface area contributed by atoms with Crippen molar-refractivity contribution in [3.63, 3.8) is 0 Å². The summed E-state index contributed by atoms with van der Waals surface area (Å²) in [6.45, 7) is 4.22. The summed E-state index contributed by atoms with van der Waals surface area (Å²) in [7, 11) is 0. The fraction of sp³-hybridized carbons (Fsp3) is 0.316. The minimum absolute atomic E-state index is 0.0511. The highest BCUT2D eigenvalue weighted by atomic mass is 35.5. The van der Waals surface area contributed by atoms with Crippen LogP contribution in [0.4, 0.5) is 17.1 Å². The predicted octanol–water partition coefficient (Wildman–Crippen LogP) is 4.74. The Hall–Kier alpha value is -2.60. The monoisotopic (exact) mass is 373 g/mol. The van der Waals surface area contributed by atoms with Crippen LogP contribution in [0.25, 0.3) is 0 Å². The molecule has 136 valence electrons. The van der Waals surface area contributed by atoms with E-state index in [0.717, 1.165) is 37.5 Å². The molecular formula is C19H20ClN3O3. The molecule has 2 aromatic rings. The molecule has 6 nitrogen and oxygen atoms in total. The Morgan fingerprint density at radius 2 is 1.85 bits per heavy atom. The number of nitrogens with one attached hydrogen (secondary N) is 1. The SMILES string of the molecule is CC1CCN(c2ccc(NC(=O)c3ccc([N+](=O)[O-])cc3)cc2Cl)CC1. The Morgan fingerprint density at radius 1 is 1.19 bits per heavy atom. The van der Waals surface area contributed by atoms with Gasteiger partial charge in [-0.15, -0.1) is 0 Å². The van der Waals surface area contributed by atoms with Crippen LogP contribution in [0.5, 0.6) is 0 Å². The second-order valence-corrected chi connectivity index (χ2v) is 7.00. The van der Waals surface area contributed by atoms with Crippen molar-refractivity contribution in [2.75, 3.05) is 23.3 Å². The molecule has 0 atom stereocenters. The van der Waals surface area contributed by atoms with Gasteiger partial charge in [-0.2, -0.15) is 0 Å². The summed E-state index contributed by atoms with van der Waals surface area (Å²) in [4.78, 5) is 24.7. The van der Waals surface area contributed by atoms with E-state index in [1.165, 1.54) is 24.3 Å². The number of carbonyl (C=O) groups excluding carboxylic acids is 1. The summed E-state index contributed by atoms with van der Waals surface area (Å²) in [5.74, 6) is 0.404. The average molecular weight is 374 g/mol. The first-order valence-electron chi connectivity index (χ1n) is 8.54. The second-order valence-electron chi connectivity index (χ2n) is 6.59. The zero-order valence-electron chi connectivity index (χ0n) is 14.4. The first-order valence-corrected chi connectivity index (χ1v) is 8.92. The van der Waals surface area contributed by atoms with E-state index in [9.17, 15) is 14.9 Å². The molecule has 3 rings (SSSR count). The number of hydrogen-bond acceptors (Lipinski definition) is 4. The van der Waals surface area contributed by atoms with E-state index < -0.39 is 4.92 Å². The largest absolute Gasteiger partial charge is 0.370 e. The van der Waals surface area contributed by atoms with Crippen LogP contribution in [0.3, 0.4) is 0 Å². The number of nitro benzene ring substituents is 1. The van der Waals surface area contributed by atoms with Gasteiger partial charge in [0.2, 0.25) is 0 Å². The fourth-order valence-corrected chi connectivity index (χ4v) is 3.33. The third kappa shape index (κ3) is 4.14. The van der Waals surface area contributed by atoms with Crippen LogP contribution >= 0.6 is 11.6 Å². The average Bonchev–Trinajstić information content (AvgIpc) is 2.63. The summed E-state index contributed by atoms with van der Waals surface area (Å²) in [6.07, 6.45) is 2.30. The molecule has 1 amide bonds. The van der Waals surface area contributed by atoms with Gasteiger partial charge in [0.15, 0.2) is 0 Å². The fourth-order valence-electron chi connectivity index (χ4n) is 3.03. The van der Waals surface area contributed by atoms with Crippen LogP contribution in [0.1, 0.15) is 30.1 Å². The van der Waals surface area contributed by atoms with E-state index in [0.29, 0.717) is 16.3 Å². The normalized spacial score (nSPS) is 14.9. The molecule has 1 N–H and O–H groups in total. The highest BCUT2D eigenvalue weighted by Gasteiger charge is 2.18. The molecule has 1 aliphatic rings. The van der Waals surface area contributed by atoms with E-state index in [1.807, 2.05) is 12.1 Å². The van der Waals surface area contributed by atoms with Gasteiger partial charge in [0, 0.05) is 36.5 Å². The van der Waals surface area contributed by atoms with Crippen molar-refractivity contribution in [3.05, 3.63) is 63.2 Å². The van der Waals surface area contributed by atoms with Crippen LogP contribution in [0.2, 0.25) is 5.02 Å². The van der Waals surface area contributed by atoms with Crippen LogP contribution in [0, 0.1) is 16.0 Å². The number of halogens is 1. The molecule has 7 heteroatoms. The van der Waals surface area contributed by atoms with Crippen LogP contribution in [0.15, 0.2) is 42.5 Å². The molecule has 0 saturated carbocycles. The predicted molar refractivity (Wildman–Crippen MR) is 103 cm³/mol. The number of amides is 1. The minimum Gasteiger partial charge on any atom is -0.370 e. The van der Waals surface area contributed by atoms with Crippen molar-refractivity contribution < 1.29 is 9.72 Å². The molecule has 0 aromatic heterocycles. The molecular weight excluding hydrogens is 354 g/mol. The van der Waals surface area contributed by atoms with Gasteiger partial charge >= 0.3 is 0 Å². The standard InChI is InChI=1S/C19H20ClN3O3/c1-13-8-10-22(11-9-13)18-7-4-15(12-17(18)20)21-19(24)14-2-5-16(6-3-14)23(25)26/h2-7,12-13H,8-11H2,1H3,(H,21,24). The van der Waals surface area contributed by atoms with Gasteiger partial charge in [-0.05, 0) is 49.1 Å². The lowest BCUT2D eigenvalue weighted by molar-refractivity contribution is -0.384. The summed E-state index contributed by atoms with van der Waals surface area (Å²) in [5, 5.41) is 14.0. The molecule has 2 aromatic carbocycles. The van der Waals surface area contributed by atoms with E-state index in [4.69, 9.17) is 11.6 Å². The van der Waals surface area contributed by atoms with Crippen molar-refractivity contribution in [1.29, 1.82) is 0 Å². The van der Waals surface area contributed by atoms with Crippen molar-refractivity contribution in [2.45, 2.75) is 19.8 Å². The Bertz CT molecular complexity index is 815. The van der Waals surface area contributed by atoms with Crippen LogP contribution in [-0.4, -0.2) is 23.9 Å². The lowest BCUT2D eigenvalue weighted by atomic mass is 9.99. The first-order chi connectivity index (χ1) is 12.4. The molecule has 0 spiro atoms. The zero-order chi connectivity index (χ0) is 18.7. The summed E-state index contributed by atoms with van der Waals surface area (Å²) < 4.78 is 0. The smallest absolute Gasteiger partial charge is 0.269 e. The quantitative estimate of drug-likeness (QED) is 0.620. The summed E-state index contributed by atoms with van der Waals surface area (Å²) in [6, 6.07) is 11.0. The molecule has 1 fully saturated rings. The lowest BCUT2D eigenvalue weighted by Gasteiger charge is -2.32. The Kier molecular flexibility index (Phi) is 5.42. The Morgan fingerprint density at radius 3 is 2.42 bits per heavy atom. The number of hydrogen-bond donors (Lipinski definition) is 1. The van der Waals surface area contributed by atoms with Crippen molar-refractivity contribution in [2.24, 2.45) is 5.92 Å². The van der Waals surface area contributed by atoms with E-state index >= 15 is 0 Å². The number of piperidine rings is 1. The summed E-state index contributed by atoms with van der Waals surface area (Å²) in [5.41, 5.74) is 1.87. The number of carbonyl (C=O) groups is 1. The lowest BCUT2D eigenvalue weighted by Crippen LogP contribution is -2.32. The number of rotatable bonds is 4. The van der Waals surface area contributed by atoms with Crippen molar-refractivity contribution in [1.82, 2.24) is 0 Å². The maximum atomic E-state index is 12.3. The highest BCUT2D eigenvalue weighted by Crippen LogP contribution is 2.32. The van der Waals surface area contributed by atoms with Gasteiger partial charge in [0.05, 0.1) is 15.6 Å². The second kappa shape index (κ2) is 7.74. The van der Waals surface area contributed by atoms with Gasteiger partial charge in [0.25, 0.3) is 11.6 Å². The number of nitrogens with zero attached hydrogens (tertiary/aromatic N) is 2. The first kappa shape index (κ1) is 18.2. The highest BCUT2D eigenvalue weighted by molar-refractivity contribution is 6.33. The number of non-ortho nitro benzene ring substituents is 1. The zero-order valence-corrected chi connectivity index (χ0v) is 15.2. The van der Waals surface area contributed by atoms with Crippen LogP contribution in [-0.2, 0) is 0 Å². The van der Waals surface area contributed by atoms with Gasteiger partial charge in [-0.25, -0.2) is 0 Å². The number of benzene rings is 2.